The Bertz CT molecular complexity index is 2800. The maximum absolute atomic E-state index is 14.8. The second-order valence-electron chi connectivity index (χ2n) is 19.3. The number of carbonyl (C=O) groups excluding carboxylic acids is 3. The van der Waals surface area contributed by atoms with Crippen molar-refractivity contribution in [3.05, 3.63) is 106 Å². The molecule has 1 aliphatic carbocycles. The minimum absolute atomic E-state index is 0.0206. The molecule has 0 spiro atoms. The van der Waals surface area contributed by atoms with Crippen molar-refractivity contribution >= 4 is 46.5 Å². The van der Waals surface area contributed by atoms with Gasteiger partial charge < -0.3 is 29.7 Å². The molecule has 0 atom stereocenters. The number of amides is 3. The van der Waals surface area contributed by atoms with Crippen LogP contribution in [0.1, 0.15) is 96.6 Å². The fraction of sp³-hybridized carbons (Fsp3) is 0.462. The van der Waals surface area contributed by atoms with Gasteiger partial charge in [0.2, 0.25) is 11.8 Å². The van der Waals surface area contributed by atoms with Crippen molar-refractivity contribution in [1.82, 2.24) is 34.8 Å². The van der Waals surface area contributed by atoms with Crippen LogP contribution in [0.15, 0.2) is 67.0 Å². The molecule has 1 N–H and O–H groups in total. The van der Waals surface area contributed by atoms with E-state index in [9.17, 15) is 23.2 Å². The first-order valence-electron chi connectivity index (χ1n) is 24.5. The molecule has 0 bridgehead atoms. The zero-order valence-corrected chi connectivity index (χ0v) is 40.4. The van der Waals surface area contributed by atoms with Crippen LogP contribution in [0.25, 0.3) is 11.1 Å². The Morgan fingerprint density at radius 1 is 0.886 bits per heavy atom. The van der Waals surface area contributed by atoms with Crippen LogP contribution in [0.3, 0.4) is 0 Å². The molecule has 15 nitrogen and oxygen atoms in total. The summed E-state index contributed by atoms with van der Waals surface area (Å²) in [4.78, 5) is 50.1. The minimum atomic E-state index is -2.69. The fourth-order valence-corrected chi connectivity index (χ4v) is 11.2. The summed E-state index contributed by atoms with van der Waals surface area (Å²) in [6, 6.07) is 18.5. The quantitative estimate of drug-likeness (QED) is 0.149. The number of rotatable bonds is 10. The molecule has 4 aliphatic heterocycles. The molecule has 1 saturated carbocycles. The number of fused-ring (bicyclic) bond motifs is 2. The normalized spacial score (nSPS) is 19.7. The maximum Gasteiger partial charge on any atom is 0.264 e. The second kappa shape index (κ2) is 20.0. The number of piperidine rings is 1. The number of halogens is 3. The highest BCUT2D eigenvalue weighted by atomic mass is 35.5. The van der Waals surface area contributed by atoms with E-state index in [1.807, 2.05) is 44.9 Å². The summed E-state index contributed by atoms with van der Waals surface area (Å²) >= 11 is 6.18. The predicted molar refractivity (Wildman–Crippen MR) is 262 cm³/mol. The highest BCUT2D eigenvalue weighted by Crippen LogP contribution is 2.43. The summed E-state index contributed by atoms with van der Waals surface area (Å²) in [6.07, 6.45) is 7.56. The molecule has 2 saturated heterocycles. The Kier molecular flexibility index (Phi) is 13.4. The summed E-state index contributed by atoms with van der Waals surface area (Å²) in [5, 5.41) is 24.4. The van der Waals surface area contributed by atoms with Crippen LogP contribution in [0.2, 0.25) is 5.02 Å². The lowest BCUT2D eigenvalue weighted by Gasteiger charge is -2.40. The number of carbonyl (C=O) groups is 3. The zero-order chi connectivity index (χ0) is 48.6. The Morgan fingerprint density at radius 3 is 2.31 bits per heavy atom. The molecule has 3 amide bonds. The van der Waals surface area contributed by atoms with Gasteiger partial charge in [-0.25, -0.2) is 8.78 Å². The van der Waals surface area contributed by atoms with Gasteiger partial charge in [-0.15, -0.1) is 5.10 Å². The number of nitriles is 1. The number of hydrogen-bond acceptors (Lipinski definition) is 10. The summed E-state index contributed by atoms with van der Waals surface area (Å²) in [7, 11) is 1.77. The van der Waals surface area contributed by atoms with E-state index in [-0.39, 0.29) is 41.3 Å². The molecule has 18 heteroatoms. The molecular weight excluding hydrogens is 916 g/mol. The Balaban J connectivity index is 0.737. The first-order valence-corrected chi connectivity index (χ1v) is 24.9. The van der Waals surface area contributed by atoms with Gasteiger partial charge in [0, 0.05) is 118 Å². The molecule has 366 valence electrons. The molecule has 6 heterocycles. The third kappa shape index (κ3) is 9.62. The molecule has 3 fully saturated rings. The smallest absolute Gasteiger partial charge is 0.264 e. The van der Waals surface area contributed by atoms with Crippen molar-refractivity contribution in [2.24, 2.45) is 13.0 Å². The number of hydrogen-bond donors (Lipinski definition) is 1. The predicted octanol–water partition coefficient (Wildman–Crippen LogP) is 7.55. The number of aromatic nitrogens is 4. The van der Waals surface area contributed by atoms with Gasteiger partial charge in [-0.2, -0.15) is 15.2 Å². The van der Waals surface area contributed by atoms with Gasteiger partial charge >= 0.3 is 0 Å². The van der Waals surface area contributed by atoms with Crippen molar-refractivity contribution in [3.63, 3.8) is 0 Å². The van der Waals surface area contributed by atoms with E-state index in [4.69, 9.17) is 26.7 Å². The van der Waals surface area contributed by atoms with Gasteiger partial charge in [0.05, 0.1) is 48.2 Å². The van der Waals surface area contributed by atoms with Crippen molar-refractivity contribution in [2.45, 2.75) is 89.8 Å². The van der Waals surface area contributed by atoms with Gasteiger partial charge in [-0.05, 0) is 111 Å². The lowest BCUT2D eigenvalue weighted by molar-refractivity contribution is -0.136. The molecule has 0 radical (unpaired) electrons. The first kappa shape index (κ1) is 47.0. The van der Waals surface area contributed by atoms with Crippen LogP contribution in [0, 0.1) is 17.2 Å². The number of nitrogens with one attached hydrogen (secondary N) is 1. The number of benzene rings is 3. The van der Waals surface area contributed by atoms with Crippen molar-refractivity contribution < 1.29 is 27.9 Å². The van der Waals surface area contributed by atoms with Crippen LogP contribution in [0.5, 0.6) is 5.75 Å². The molecule has 70 heavy (non-hydrogen) atoms. The summed E-state index contributed by atoms with van der Waals surface area (Å²) in [6.45, 7) is 6.88. The molecule has 3 aromatic carbocycles. The monoisotopic (exact) mass is 973 g/mol. The van der Waals surface area contributed by atoms with Crippen molar-refractivity contribution in [1.29, 1.82) is 5.26 Å². The van der Waals surface area contributed by atoms with E-state index in [1.165, 1.54) is 0 Å². The van der Waals surface area contributed by atoms with Gasteiger partial charge in [-0.3, -0.25) is 24.1 Å². The topological polar surface area (TPSA) is 148 Å². The minimum Gasteiger partial charge on any atom is -0.490 e. The number of anilines is 3. The molecule has 5 aromatic rings. The molecule has 5 aliphatic rings. The second-order valence-corrected chi connectivity index (χ2v) is 19.7. The summed E-state index contributed by atoms with van der Waals surface area (Å²) in [5.74, 6) is 1.31. The van der Waals surface area contributed by atoms with E-state index in [1.54, 1.807) is 55.3 Å². The Labute approximate surface area is 411 Å². The van der Waals surface area contributed by atoms with E-state index < -0.39 is 6.43 Å². The van der Waals surface area contributed by atoms with E-state index in [0.717, 1.165) is 87.0 Å². The highest BCUT2D eigenvalue weighted by Gasteiger charge is 2.36. The number of piperazine rings is 1. The Morgan fingerprint density at radius 2 is 1.64 bits per heavy atom. The number of nitrogens with zero attached hydrogens (tertiary/aromatic N) is 10. The largest absolute Gasteiger partial charge is 0.490 e. The summed E-state index contributed by atoms with van der Waals surface area (Å²) in [5.41, 5.74) is 6.77. The fourth-order valence-electron chi connectivity index (χ4n) is 11.0. The number of aryl methyl sites for hydroxylation is 2. The standard InChI is InChI=1S/C52H58ClF2N11O4/c1-33(67)63-21-17-47-45(32-63)50(65-18-3-4-36-26-43(38-30-57-60(2)31-38)44(49(54)55)28-48(36)65)59-66(47)64-24-22-62(23-25-64)52(69)35-15-19-61(20-16-35)40-10-5-34(6-11-40)51(68)58-39-8-13-41(14-9-39)70-42-12-7-37(29-56)46(53)27-42/h5-7,10-12,26-28,30-31,35,39,41,49H,3-4,8-9,13-25,32H2,1-2H3,(H,58,68). The molecule has 10 rings (SSSR count). The van der Waals surface area contributed by atoms with E-state index in [0.29, 0.717) is 96.8 Å². The van der Waals surface area contributed by atoms with Crippen LogP contribution >= 0.6 is 11.6 Å². The first-order chi connectivity index (χ1) is 33.9. The SMILES string of the molecule is CC(=O)N1CCc2c(c(N3CCCc4cc(-c5cnn(C)c5)c(C(F)F)cc43)nn2N2CCN(C(=O)C3CCN(c4ccc(C(=O)NC5CCC(Oc6ccc(C#N)c(Cl)c6)CC5)cc4)CC3)CC2)C1. The third-order valence-electron chi connectivity index (χ3n) is 14.9. The van der Waals surface area contributed by atoms with Gasteiger partial charge in [-0.1, -0.05) is 11.6 Å². The average molecular weight is 975 g/mol. The van der Waals surface area contributed by atoms with Crippen LogP contribution in [0.4, 0.5) is 26.0 Å². The number of ether oxygens (including phenoxy) is 1. The van der Waals surface area contributed by atoms with Crippen LogP contribution in [-0.4, -0.2) is 112 Å². The van der Waals surface area contributed by atoms with Gasteiger partial charge in [0.1, 0.15) is 11.8 Å². The Hall–Kier alpha value is -6.67. The zero-order valence-electron chi connectivity index (χ0n) is 39.6. The third-order valence-corrected chi connectivity index (χ3v) is 15.2. The average Bonchev–Trinajstić information content (AvgIpc) is 3.99. The van der Waals surface area contributed by atoms with Crippen molar-refractivity contribution in [3.8, 4) is 22.9 Å². The van der Waals surface area contributed by atoms with Gasteiger partial charge in [0.25, 0.3) is 12.3 Å². The van der Waals surface area contributed by atoms with E-state index in [2.05, 4.69) is 31.3 Å². The summed E-state index contributed by atoms with van der Waals surface area (Å²) < 4.78 is 37.3. The van der Waals surface area contributed by atoms with Crippen molar-refractivity contribution in [2.75, 3.05) is 67.2 Å². The molecule has 2 aromatic heterocycles. The van der Waals surface area contributed by atoms with Crippen LogP contribution in [-0.2, 0) is 36.0 Å². The highest BCUT2D eigenvalue weighted by molar-refractivity contribution is 6.31. The lowest BCUT2D eigenvalue weighted by Crippen LogP contribution is -2.55. The molecule has 0 unspecified atom stereocenters. The maximum atomic E-state index is 14.8. The lowest BCUT2D eigenvalue weighted by atomic mass is 9.92. The van der Waals surface area contributed by atoms with Crippen LogP contribution < -0.4 is 24.9 Å². The molecular formula is C52H58ClF2N11O4. The van der Waals surface area contributed by atoms with Gasteiger partial charge in [0.15, 0.2) is 5.82 Å². The van der Waals surface area contributed by atoms with E-state index >= 15 is 0 Å². The number of alkyl halides is 2.